The first kappa shape index (κ1) is 12.6. The highest BCUT2D eigenvalue weighted by molar-refractivity contribution is 7.90. The number of nitrogens with one attached hydrogen (secondary N) is 1. The van der Waals surface area contributed by atoms with E-state index in [0.29, 0.717) is 16.6 Å². The number of rotatable bonds is 2. The Balaban J connectivity index is 1.89. The van der Waals surface area contributed by atoms with Gasteiger partial charge >= 0.3 is 0 Å². The Bertz CT molecular complexity index is 619. The molecule has 1 N–H and O–H groups in total. The predicted molar refractivity (Wildman–Crippen MR) is 73.8 cm³/mol. The topological polar surface area (TPSA) is 61.8 Å². The van der Waals surface area contributed by atoms with E-state index in [1.165, 1.54) is 0 Å². The lowest BCUT2D eigenvalue weighted by Gasteiger charge is -2.22. The third-order valence-electron chi connectivity index (χ3n) is 3.67. The molecule has 0 amide bonds. The predicted octanol–water partition coefficient (Wildman–Crippen LogP) is 0.677. The number of amidine groups is 1. The molecule has 3 rings (SSSR count). The molecule has 0 saturated carbocycles. The third kappa shape index (κ3) is 2.26. The summed E-state index contributed by atoms with van der Waals surface area (Å²) in [5.41, 5.74) is 0.718. The van der Waals surface area contributed by atoms with Gasteiger partial charge in [0.1, 0.15) is 4.90 Å². The molecule has 1 atom stereocenters. The molecule has 0 aromatic heterocycles. The summed E-state index contributed by atoms with van der Waals surface area (Å²) in [6.45, 7) is 2.86. The molecule has 1 aromatic carbocycles. The van der Waals surface area contributed by atoms with Gasteiger partial charge in [0.05, 0.1) is 0 Å². The van der Waals surface area contributed by atoms with Gasteiger partial charge in [-0.15, -0.1) is 4.40 Å². The molecular formula is C13H17N3O2S. The maximum Gasteiger partial charge on any atom is 0.285 e. The van der Waals surface area contributed by atoms with Crippen LogP contribution in [0.1, 0.15) is 12.0 Å². The lowest BCUT2D eigenvalue weighted by Crippen LogP contribution is -2.32. The number of nitrogens with zero attached hydrogens (tertiary/aromatic N) is 2. The van der Waals surface area contributed by atoms with Gasteiger partial charge in [-0.2, -0.15) is 8.42 Å². The van der Waals surface area contributed by atoms with Crippen molar-refractivity contribution in [2.24, 2.45) is 10.3 Å². The first-order valence-corrected chi connectivity index (χ1v) is 7.88. The Kier molecular flexibility index (Phi) is 3.06. The van der Waals surface area contributed by atoms with Gasteiger partial charge in [0.2, 0.25) is 0 Å². The highest BCUT2D eigenvalue weighted by Crippen LogP contribution is 2.27. The van der Waals surface area contributed by atoms with E-state index in [1.54, 1.807) is 12.1 Å². The van der Waals surface area contributed by atoms with Crippen LogP contribution in [0.25, 0.3) is 0 Å². The van der Waals surface area contributed by atoms with Gasteiger partial charge in [0, 0.05) is 19.2 Å². The zero-order chi connectivity index (χ0) is 13.5. The minimum Gasteiger partial charge on any atom is -0.358 e. The maximum atomic E-state index is 12.0. The minimum absolute atomic E-state index is 0.321. The van der Waals surface area contributed by atoms with Crippen LogP contribution in [0, 0.1) is 5.92 Å². The molecule has 0 spiro atoms. The SMILES string of the molecule is CN(C[C@H]1CCNC1)C1=NS(=O)(=O)c2ccccc21. The molecule has 5 nitrogen and oxygen atoms in total. The molecule has 2 aliphatic heterocycles. The Labute approximate surface area is 113 Å². The Morgan fingerprint density at radius 2 is 2.21 bits per heavy atom. The van der Waals surface area contributed by atoms with Gasteiger partial charge in [0.15, 0.2) is 5.84 Å². The van der Waals surface area contributed by atoms with E-state index in [0.717, 1.165) is 31.6 Å². The summed E-state index contributed by atoms with van der Waals surface area (Å²) in [5.74, 6) is 1.13. The van der Waals surface area contributed by atoms with Crippen LogP contribution >= 0.6 is 0 Å². The van der Waals surface area contributed by atoms with E-state index in [9.17, 15) is 8.42 Å². The second-order valence-corrected chi connectivity index (χ2v) is 6.70. The highest BCUT2D eigenvalue weighted by atomic mass is 32.2. The van der Waals surface area contributed by atoms with Crippen molar-refractivity contribution in [3.05, 3.63) is 29.8 Å². The first-order chi connectivity index (χ1) is 9.08. The molecule has 1 saturated heterocycles. The van der Waals surface area contributed by atoms with Crippen LogP contribution in [0.2, 0.25) is 0 Å². The van der Waals surface area contributed by atoms with Crippen molar-refractivity contribution in [2.45, 2.75) is 11.3 Å². The molecule has 0 aliphatic carbocycles. The lowest BCUT2D eigenvalue weighted by atomic mass is 10.1. The normalized spacial score (nSPS) is 24.1. The Morgan fingerprint density at radius 1 is 1.42 bits per heavy atom. The van der Waals surface area contributed by atoms with Crippen LogP contribution in [0.5, 0.6) is 0 Å². The summed E-state index contributed by atoms with van der Waals surface area (Å²) in [6.07, 6.45) is 1.13. The number of hydrogen-bond acceptors (Lipinski definition) is 4. The molecule has 2 aliphatic rings. The summed E-state index contributed by atoms with van der Waals surface area (Å²) in [7, 11) is -1.59. The van der Waals surface area contributed by atoms with E-state index in [2.05, 4.69) is 9.71 Å². The van der Waals surface area contributed by atoms with Crippen LogP contribution in [0.15, 0.2) is 33.6 Å². The fourth-order valence-electron chi connectivity index (χ4n) is 2.71. The number of fused-ring (bicyclic) bond motifs is 1. The summed E-state index contributed by atoms with van der Waals surface area (Å²) < 4.78 is 27.9. The van der Waals surface area contributed by atoms with E-state index >= 15 is 0 Å². The smallest absolute Gasteiger partial charge is 0.285 e. The fourth-order valence-corrected chi connectivity index (χ4v) is 3.96. The van der Waals surface area contributed by atoms with Gasteiger partial charge in [-0.3, -0.25) is 0 Å². The Hall–Kier alpha value is -1.40. The molecule has 102 valence electrons. The summed E-state index contributed by atoms with van der Waals surface area (Å²) in [6, 6.07) is 7.02. The lowest BCUT2D eigenvalue weighted by molar-refractivity contribution is 0.404. The Morgan fingerprint density at radius 3 is 2.95 bits per heavy atom. The van der Waals surface area contributed by atoms with E-state index in [4.69, 9.17) is 0 Å². The first-order valence-electron chi connectivity index (χ1n) is 6.44. The molecule has 0 bridgehead atoms. The molecule has 6 heteroatoms. The summed E-state index contributed by atoms with van der Waals surface area (Å²) >= 11 is 0. The molecular weight excluding hydrogens is 262 g/mol. The average molecular weight is 279 g/mol. The van der Waals surface area contributed by atoms with Gasteiger partial charge in [-0.05, 0) is 37.6 Å². The molecule has 19 heavy (non-hydrogen) atoms. The van der Waals surface area contributed by atoms with Gasteiger partial charge in [-0.1, -0.05) is 12.1 Å². The van der Waals surface area contributed by atoms with Crippen LogP contribution in [-0.4, -0.2) is 45.8 Å². The van der Waals surface area contributed by atoms with E-state index < -0.39 is 10.0 Å². The van der Waals surface area contributed by atoms with Crippen LogP contribution in [0.4, 0.5) is 0 Å². The number of benzene rings is 1. The zero-order valence-corrected chi connectivity index (χ0v) is 11.7. The summed E-state index contributed by atoms with van der Waals surface area (Å²) in [4.78, 5) is 2.28. The highest BCUT2D eigenvalue weighted by Gasteiger charge is 2.31. The fraction of sp³-hybridized carbons (Fsp3) is 0.462. The van der Waals surface area contributed by atoms with E-state index in [-0.39, 0.29) is 0 Å². The van der Waals surface area contributed by atoms with Crippen LogP contribution in [-0.2, 0) is 10.0 Å². The van der Waals surface area contributed by atoms with Crippen molar-refractivity contribution in [2.75, 3.05) is 26.7 Å². The number of hydrogen-bond donors (Lipinski definition) is 1. The molecule has 2 heterocycles. The van der Waals surface area contributed by atoms with Crippen molar-refractivity contribution in [1.82, 2.24) is 10.2 Å². The van der Waals surface area contributed by atoms with E-state index in [1.807, 2.05) is 24.1 Å². The standard InChI is InChI=1S/C13H17N3O2S/c1-16(9-10-6-7-14-8-10)13-11-4-2-3-5-12(11)19(17,18)15-13/h2-5,10,14H,6-9H2,1H3/t10-/m0/s1. The van der Waals surface area contributed by atoms with Crippen molar-refractivity contribution in [1.29, 1.82) is 0 Å². The second-order valence-electron chi connectivity index (χ2n) is 5.13. The monoisotopic (exact) mass is 279 g/mol. The van der Waals surface area contributed by atoms with Gasteiger partial charge in [0.25, 0.3) is 10.0 Å². The second kappa shape index (κ2) is 4.61. The van der Waals surface area contributed by atoms with Crippen molar-refractivity contribution >= 4 is 15.9 Å². The van der Waals surface area contributed by atoms with Crippen LogP contribution < -0.4 is 5.32 Å². The maximum absolute atomic E-state index is 12.0. The third-order valence-corrected chi connectivity index (χ3v) is 4.99. The molecule has 1 aromatic rings. The van der Waals surface area contributed by atoms with Crippen LogP contribution in [0.3, 0.4) is 0 Å². The molecule has 1 fully saturated rings. The average Bonchev–Trinajstić information content (AvgIpc) is 2.97. The van der Waals surface area contributed by atoms with Crippen molar-refractivity contribution in [3.63, 3.8) is 0 Å². The number of sulfonamides is 1. The van der Waals surface area contributed by atoms with Crippen molar-refractivity contribution < 1.29 is 8.42 Å². The van der Waals surface area contributed by atoms with Gasteiger partial charge < -0.3 is 10.2 Å². The largest absolute Gasteiger partial charge is 0.358 e. The quantitative estimate of drug-likeness (QED) is 0.864. The zero-order valence-electron chi connectivity index (χ0n) is 10.8. The molecule has 0 radical (unpaired) electrons. The van der Waals surface area contributed by atoms with Gasteiger partial charge in [-0.25, -0.2) is 0 Å². The molecule has 0 unspecified atom stereocenters. The van der Waals surface area contributed by atoms with Crippen molar-refractivity contribution in [3.8, 4) is 0 Å². The summed E-state index contributed by atoms with van der Waals surface area (Å²) in [5, 5.41) is 3.32. The minimum atomic E-state index is -3.50.